The molecule has 0 saturated heterocycles. The number of rotatable bonds is 0. The highest BCUT2D eigenvalue weighted by molar-refractivity contribution is 7.96. The maximum atomic E-state index is 8.86. The van der Waals surface area contributed by atoms with Crippen LogP contribution in [0.15, 0.2) is 0 Å². The van der Waals surface area contributed by atoms with Crippen LogP contribution in [0.2, 0.25) is 0 Å². The molecule has 0 spiro atoms. The summed E-state index contributed by atoms with van der Waals surface area (Å²) in [5.74, 6) is 0. The minimum atomic E-state index is -1.14. The molecule has 4 nitrogen and oxygen atoms in total. The first-order valence-corrected chi connectivity index (χ1v) is 1.10. The van der Waals surface area contributed by atoms with Gasteiger partial charge in [-0.2, -0.15) is 0 Å². The van der Waals surface area contributed by atoms with Crippen molar-refractivity contribution in [3.8, 4) is 0 Å². The molecule has 0 rings (SSSR count). The van der Waals surface area contributed by atoms with Crippen molar-refractivity contribution in [1.29, 1.82) is 0 Å². The first-order chi connectivity index (χ1) is 1.73. The van der Waals surface area contributed by atoms with Crippen LogP contribution in [-0.2, 0) is 0 Å². The molecular weight excluding hydrogens is 104 g/mol. The van der Waals surface area contributed by atoms with Crippen molar-refractivity contribution in [2.45, 2.75) is 0 Å². The van der Waals surface area contributed by atoms with E-state index in [4.69, 9.17) is 9.90 Å². The van der Waals surface area contributed by atoms with Crippen molar-refractivity contribution in [2.24, 2.45) is 0 Å². The molecule has 7 N–H and O–H groups in total. The normalized spacial score (nSPS) is 4.17. The molecule has 0 aliphatic carbocycles. The molecule has 0 aromatic carbocycles. The van der Waals surface area contributed by atoms with Crippen molar-refractivity contribution in [3.63, 3.8) is 0 Å². The Kier molecular flexibility index (Phi) is 25.3. The van der Waals surface area contributed by atoms with Gasteiger partial charge in [0, 0.05) is 0 Å². The van der Waals surface area contributed by atoms with E-state index in [1.165, 1.54) is 0 Å². The van der Waals surface area contributed by atoms with Gasteiger partial charge in [0.05, 0.1) is 0 Å². The lowest BCUT2D eigenvalue weighted by molar-refractivity contribution is 0.222. The molecule has 0 aromatic heterocycles. The Bertz CT molecular complexity index is 34.5. The molecule has 40 valence electrons. The summed E-state index contributed by atoms with van der Waals surface area (Å²) in [5.41, 5.74) is 0. The fourth-order valence-corrected chi connectivity index (χ4v) is 0. The average molecular weight is 112 g/mol. The van der Waals surface area contributed by atoms with E-state index in [9.17, 15) is 0 Å². The summed E-state index contributed by atoms with van der Waals surface area (Å²) in [6, 6.07) is 0. The number of hydrogen-bond acceptors (Lipinski definition) is 3. The number of hydrogen-bond donors (Lipinski definition) is 4. The third-order valence-electron chi connectivity index (χ3n) is 0. The topological polar surface area (TPSA) is 107 Å². The van der Waals surface area contributed by atoms with E-state index in [1.54, 1.807) is 0 Å². The van der Waals surface area contributed by atoms with Crippen molar-refractivity contribution in [3.05, 3.63) is 0 Å². The lowest BCUT2D eigenvalue weighted by atomic mass is 11.6. The zero-order valence-electron chi connectivity index (χ0n) is 3.22. The van der Waals surface area contributed by atoms with Crippen molar-refractivity contribution in [2.75, 3.05) is 0 Å². The molecule has 0 saturated carbocycles. The molecule has 0 aliphatic rings. The summed E-state index contributed by atoms with van der Waals surface area (Å²) in [4.78, 5) is 8.86. The van der Waals surface area contributed by atoms with Gasteiger partial charge in [0.2, 0.25) is 0 Å². The highest BCUT2D eigenvalue weighted by Gasteiger charge is 1.67. The standard InChI is InChI=1S/CH2O2S.2H3N/c2-1(3)4;;/h4H,(H,2,3);2*1H3. The molecule has 6 heavy (non-hydrogen) atoms. The molecule has 0 unspecified atom stereocenters. The summed E-state index contributed by atoms with van der Waals surface area (Å²) in [6.45, 7) is 0. The number of thiol groups is 1. The first-order valence-electron chi connectivity index (χ1n) is 0.651. The first kappa shape index (κ1) is 17.2. The van der Waals surface area contributed by atoms with E-state index < -0.39 is 5.30 Å². The maximum Gasteiger partial charge on any atom is 0.361 e. The Morgan fingerprint density at radius 2 is 1.50 bits per heavy atom. The summed E-state index contributed by atoms with van der Waals surface area (Å²) < 4.78 is 0. The molecule has 0 bridgehead atoms. The van der Waals surface area contributed by atoms with E-state index >= 15 is 0 Å². The highest BCUT2D eigenvalue weighted by atomic mass is 32.1. The van der Waals surface area contributed by atoms with Crippen molar-refractivity contribution in [1.82, 2.24) is 12.3 Å². The van der Waals surface area contributed by atoms with Gasteiger partial charge >= 0.3 is 5.30 Å². The molecule has 0 aliphatic heterocycles. The smallest absolute Gasteiger partial charge is 0.361 e. The van der Waals surface area contributed by atoms with E-state index in [0.717, 1.165) is 0 Å². The predicted octanol–water partition coefficient (Wildman–Crippen LogP) is 0.918. The molecule has 0 fully saturated rings. The van der Waals surface area contributed by atoms with Crippen LogP contribution in [0.25, 0.3) is 0 Å². The zero-order chi connectivity index (χ0) is 3.58. The van der Waals surface area contributed by atoms with E-state index in [2.05, 4.69) is 12.6 Å². The Morgan fingerprint density at radius 3 is 1.50 bits per heavy atom. The van der Waals surface area contributed by atoms with Crippen LogP contribution < -0.4 is 12.3 Å². The SMILES string of the molecule is N.N.O=C(O)S. The van der Waals surface area contributed by atoms with Crippen LogP contribution in [0.3, 0.4) is 0 Å². The van der Waals surface area contributed by atoms with Crippen LogP contribution in [0, 0.1) is 0 Å². The lowest BCUT2D eigenvalue weighted by Gasteiger charge is -1.58. The Labute approximate surface area is 41.1 Å². The van der Waals surface area contributed by atoms with Gasteiger partial charge < -0.3 is 17.4 Å². The molecule has 0 aromatic rings. The monoisotopic (exact) mass is 112 g/mol. The molecule has 0 atom stereocenters. The van der Waals surface area contributed by atoms with Gasteiger partial charge in [-0.3, -0.25) is 0 Å². The largest absolute Gasteiger partial charge is 0.473 e. The molecular formula is CH8N2O2S. The summed E-state index contributed by atoms with van der Waals surface area (Å²) in [6.07, 6.45) is 0. The Hall–Kier alpha value is -0.260. The summed E-state index contributed by atoms with van der Waals surface area (Å²) in [7, 11) is 0. The zero-order valence-corrected chi connectivity index (χ0v) is 4.11. The van der Waals surface area contributed by atoms with Gasteiger partial charge in [-0.05, 0) is 0 Å². The fourth-order valence-electron chi connectivity index (χ4n) is 0. The molecule has 0 heterocycles. The lowest BCUT2D eigenvalue weighted by Crippen LogP contribution is -1.67. The summed E-state index contributed by atoms with van der Waals surface area (Å²) in [5, 5.41) is 6.14. The fraction of sp³-hybridized carbons (Fsp3) is 0. The molecule has 0 amide bonds. The van der Waals surface area contributed by atoms with Crippen molar-refractivity contribution >= 4 is 17.9 Å². The van der Waals surface area contributed by atoms with Gasteiger partial charge in [-0.15, -0.1) is 0 Å². The van der Waals surface area contributed by atoms with E-state index in [-0.39, 0.29) is 12.3 Å². The van der Waals surface area contributed by atoms with Crippen LogP contribution >= 0.6 is 12.6 Å². The quantitative estimate of drug-likeness (QED) is 0.349. The van der Waals surface area contributed by atoms with Gasteiger partial charge in [-0.1, -0.05) is 12.6 Å². The second-order valence-corrected chi connectivity index (χ2v) is 0.665. The van der Waals surface area contributed by atoms with Crippen molar-refractivity contribution < 1.29 is 9.90 Å². The van der Waals surface area contributed by atoms with Crippen LogP contribution in [0.4, 0.5) is 4.79 Å². The van der Waals surface area contributed by atoms with E-state index in [1.807, 2.05) is 0 Å². The maximum absolute atomic E-state index is 8.86. The van der Waals surface area contributed by atoms with E-state index in [0.29, 0.717) is 0 Å². The highest BCUT2D eigenvalue weighted by Crippen LogP contribution is 1.66. The second kappa shape index (κ2) is 8.83. The number of carbonyl (C=O) groups is 1. The van der Waals surface area contributed by atoms with Gasteiger partial charge in [0.25, 0.3) is 0 Å². The van der Waals surface area contributed by atoms with Gasteiger partial charge in [0.15, 0.2) is 0 Å². The minimum Gasteiger partial charge on any atom is -0.473 e. The van der Waals surface area contributed by atoms with Gasteiger partial charge in [0.1, 0.15) is 0 Å². The number of carboxylic acid groups (broad SMARTS) is 1. The van der Waals surface area contributed by atoms with Gasteiger partial charge in [-0.25, -0.2) is 4.79 Å². The van der Waals surface area contributed by atoms with Crippen LogP contribution in [0.5, 0.6) is 0 Å². The minimum absolute atomic E-state index is 0. The summed E-state index contributed by atoms with van der Waals surface area (Å²) >= 11 is 2.88. The Balaban J connectivity index is -0.0000000450. The third kappa shape index (κ3) is 415. The van der Waals surface area contributed by atoms with Crippen LogP contribution in [0.1, 0.15) is 0 Å². The second-order valence-electron chi connectivity index (χ2n) is 0.283. The Morgan fingerprint density at radius 1 is 1.50 bits per heavy atom. The molecule has 5 heteroatoms. The third-order valence-corrected chi connectivity index (χ3v) is 0. The predicted molar refractivity (Wildman–Crippen MR) is 27.1 cm³/mol. The molecule has 0 radical (unpaired) electrons. The van der Waals surface area contributed by atoms with Crippen LogP contribution in [-0.4, -0.2) is 10.4 Å². The average Bonchev–Trinajstić information content (AvgIpc) is 0.811.